The van der Waals surface area contributed by atoms with Crippen LogP contribution < -0.4 is 0 Å². The molecule has 0 aromatic rings. The minimum Gasteiger partial charge on any atom is -0.390 e. The van der Waals surface area contributed by atoms with Gasteiger partial charge in [0.1, 0.15) is 23.4 Å². The predicted molar refractivity (Wildman–Crippen MR) is 241 cm³/mol. The normalized spacial score (nSPS) is 16.4. The van der Waals surface area contributed by atoms with Crippen molar-refractivity contribution in [2.45, 2.75) is 320 Å². The molecule has 0 aliphatic carbocycles. The maximum Gasteiger partial charge on any atom is 0.119 e. The predicted octanol–water partition coefficient (Wildman–Crippen LogP) is 13.6. The van der Waals surface area contributed by atoms with Crippen molar-refractivity contribution in [3.8, 4) is 0 Å². The van der Waals surface area contributed by atoms with Gasteiger partial charge in [0.05, 0.1) is 12.2 Å². The molecule has 0 radical (unpaired) electrons. The number of aliphatic hydroxyl groups is 6. The highest BCUT2D eigenvalue weighted by molar-refractivity contribution is 5.05. The van der Waals surface area contributed by atoms with Crippen molar-refractivity contribution in [1.29, 1.82) is 0 Å². The van der Waals surface area contributed by atoms with Crippen LogP contribution in [0.15, 0.2) is 0 Å². The van der Waals surface area contributed by atoms with E-state index in [1.807, 2.05) is 13.8 Å². The fourth-order valence-corrected chi connectivity index (χ4v) is 8.76. The second kappa shape index (κ2) is 38.9. The molecule has 0 heterocycles. The van der Waals surface area contributed by atoms with Gasteiger partial charge in [-0.05, 0) is 25.7 Å². The Morgan fingerprint density at radius 1 is 0.268 bits per heavy atom. The molecule has 338 valence electrons. The lowest BCUT2D eigenvalue weighted by Gasteiger charge is -2.46. The Morgan fingerprint density at radius 3 is 0.643 bits per heavy atom. The standard InChI is InChI=1S/C50H102O6/c1-5-9-13-15-17-19-21-23-25-27-29-31-33-35-37-39-41-45(51)49(55,43-11-7-3)47(53)48(54)50(56,44-12-8-4)46(52)42-40-38-36-34-32-30-28-26-24-22-20-18-16-14-10-6-2/h45-48,51-56H,5-44H2,1-4H3/t45?,46?,47-,48-,49+,50+/m0/s1. The first-order valence-corrected chi connectivity index (χ1v) is 25.3. The molecule has 0 aliphatic rings. The summed E-state index contributed by atoms with van der Waals surface area (Å²) in [5.41, 5.74) is -3.92. The largest absolute Gasteiger partial charge is 0.390 e. The van der Waals surface area contributed by atoms with Crippen LogP contribution in [0.5, 0.6) is 0 Å². The molecule has 2 unspecified atom stereocenters. The lowest BCUT2D eigenvalue weighted by molar-refractivity contribution is -0.238. The van der Waals surface area contributed by atoms with Crippen molar-refractivity contribution in [2.75, 3.05) is 0 Å². The Labute approximate surface area is 349 Å². The monoisotopic (exact) mass is 799 g/mol. The molecule has 0 aromatic carbocycles. The van der Waals surface area contributed by atoms with E-state index in [-0.39, 0.29) is 12.8 Å². The summed E-state index contributed by atoms with van der Waals surface area (Å²) in [5, 5.41) is 69.3. The Kier molecular flexibility index (Phi) is 38.8. The maximum absolute atomic E-state index is 11.8. The summed E-state index contributed by atoms with van der Waals surface area (Å²) in [7, 11) is 0. The van der Waals surface area contributed by atoms with Crippen LogP contribution in [-0.4, -0.2) is 66.3 Å². The smallest absolute Gasteiger partial charge is 0.119 e. The van der Waals surface area contributed by atoms with Gasteiger partial charge in [-0.1, -0.05) is 259 Å². The lowest BCUT2D eigenvalue weighted by atomic mass is 9.73. The molecule has 6 nitrogen and oxygen atoms in total. The summed E-state index contributed by atoms with van der Waals surface area (Å²) in [6.07, 6.45) is 37.9. The molecule has 56 heavy (non-hydrogen) atoms. The van der Waals surface area contributed by atoms with E-state index in [9.17, 15) is 30.6 Å². The number of aliphatic hydroxyl groups excluding tert-OH is 4. The number of hydrogen-bond donors (Lipinski definition) is 6. The fourth-order valence-electron chi connectivity index (χ4n) is 8.76. The van der Waals surface area contributed by atoms with Crippen molar-refractivity contribution in [3.63, 3.8) is 0 Å². The van der Waals surface area contributed by atoms with E-state index in [4.69, 9.17) is 0 Å². The quantitative estimate of drug-likeness (QED) is 0.0341. The van der Waals surface area contributed by atoms with Crippen molar-refractivity contribution in [1.82, 2.24) is 0 Å². The minimum absolute atomic E-state index is 0.126. The zero-order valence-electron chi connectivity index (χ0n) is 38.3. The van der Waals surface area contributed by atoms with Gasteiger partial charge in [0.25, 0.3) is 0 Å². The minimum atomic E-state index is -1.96. The summed E-state index contributed by atoms with van der Waals surface area (Å²) in [5.74, 6) is 0. The maximum atomic E-state index is 11.8. The van der Waals surface area contributed by atoms with Gasteiger partial charge in [-0.15, -0.1) is 0 Å². The van der Waals surface area contributed by atoms with Crippen molar-refractivity contribution < 1.29 is 30.6 Å². The molecule has 0 rings (SSSR count). The van der Waals surface area contributed by atoms with E-state index in [0.29, 0.717) is 25.7 Å². The van der Waals surface area contributed by atoms with Gasteiger partial charge < -0.3 is 30.6 Å². The summed E-state index contributed by atoms with van der Waals surface area (Å²) in [6, 6.07) is 0. The Morgan fingerprint density at radius 2 is 0.446 bits per heavy atom. The Hall–Kier alpha value is -0.240. The van der Waals surface area contributed by atoms with Gasteiger partial charge in [0, 0.05) is 0 Å². The van der Waals surface area contributed by atoms with E-state index >= 15 is 0 Å². The molecule has 0 spiro atoms. The molecule has 0 bridgehead atoms. The van der Waals surface area contributed by atoms with Gasteiger partial charge in [-0.25, -0.2) is 0 Å². The van der Waals surface area contributed by atoms with Gasteiger partial charge in [-0.2, -0.15) is 0 Å². The van der Waals surface area contributed by atoms with Crippen LogP contribution in [0.4, 0.5) is 0 Å². The van der Waals surface area contributed by atoms with Crippen molar-refractivity contribution in [3.05, 3.63) is 0 Å². The van der Waals surface area contributed by atoms with E-state index in [2.05, 4.69) is 13.8 Å². The highest BCUT2D eigenvalue weighted by Gasteiger charge is 2.53. The summed E-state index contributed by atoms with van der Waals surface area (Å²) < 4.78 is 0. The SMILES string of the molecule is CCCCCCCCCCCCCCCCCCC(O)[C@](O)(CCCC)[C@@H](O)[C@H](O)[C@@](O)(CCCC)C(O)CCCCCCCCCCCCCCCCCC. The molecule has 6 N–H and O–H groups in total. The van der Waals surface area contributed by atoms with Crippen LogP contribution in [0.2, 0.25) is 0 Å². The van der Waals surface area contributed by atoms with E-state index in [0.717, 1.165) is 51.4 Å². The summed E-state index contributed by atoms with van der Waals surface area (Å²) in [4.78, 5) is 0. The highest BCUT2D eigenvalue weighted by Crippen LogP contribution is 2.36. The number of unbranched alkanes of at least 4 members (excludes halogenated alkanes) is 32. The molecular formula is C50H102O6. The molecule has 6 atom stereocenters. The van der Waals surface area contributed by atoms with Crippen LogP contribution >= 0.6 is 0 Å². The number of hydrogen-bond acceptors (Lipinski definition) is 6. The fraction of sp³-hybridized carbons (Fsp3) is 1.00. The number of rotatable bonds is 45. The van der Waals surface area contributed by atoms with E-state index in [1.165, 1.54) is 167 Å². The van der Waals surface area contributed by atoms with Crippen molar-refractivity contribution in [2.24, 2.45) is 0 Å². The van der Waals surface area contributed by atoms with Crippen LogP contribution in [0.1, 0.15) is 285 Å². The molecule has 6 heteroatoms. The van der Waals surface area contributed by atoms with E-state index < -0.39 is 35.6 Å². The molecule has 0 fully saturated rings. The van der Waals surface area contributed by atoms with Crippen LogP contribution in [0.3, 0.4) is 0 Å². The first-order chi connectivity index (χ1) is 27.1. The third kappa shape index (κ3) is 27.5. The molecular weight excluding hydrogens is 697 g/mol. The summed E-state index contributed by atoms with van der Waals surface area (Å²) >= 11 is 0. The topological polar surface area (TPSA) is 121 Å². The summed E-state index contributed by atoms with van der Waals surface area (Å²) in [6.45, 7) is 8.52. The molecule has 0 saturated carbocycles. The molecule has 0 saturated heterocycles. The third-order valence-corrected chi connectivity index (χ3v) is 13.0. The zero-order valence-corrected chi connectivity index (χ0v) is 38.3. The van der Waals surface area contributed by atoms with Crippen LogP contribution in [0.25, 0.3) is 0 Å². The van der Waals surface area contributed by atoms with Gasteiger partial charge in [0.15, 0.2) is 0 Å². The van der Waals surface area contributed by atoms with Crippen LogP contribution in [-0.2, 0) is 0 Å². The first kappa shape index (κ1) is 55.8. The molecule has 0 amide bonds. The second-order valence-electron chi connectivity index (χ2n) is 18.3. The van der Waals surface area contributed by atoms with Gasteiger partial charge in [-0.3, -0.25) is 0 Å². The molecule has 0 aromatic heterocycles. The second-order valence-corrected chi connectivity index (χ2v) is 18.3. The zero-order chi connectivity index (χ0) is 41.6. The third-order valence-electron chi connectivity index (χ3n) is 13.0. The Bertz CT molecular complexity index is 732. The van der Waals surface area contributed by atoms with Gasteiger partial charge in [0.2, 0.25) is 0 Å². The average Bonchev–Trinajstić information content (AvgIpc) is 3.20. The lowest BCUT2D eigenvalue weighted by Crippen LogP contribution is -2.65. The van der Waals surface area contributed by atoms with E-state index in [1.54, 1.807) is 0 Å². The van der Waals surface area contributed by atoms with Crippen molar-refractivity contribution >= 4 is 0 Å². The molecule has 0 aliphatic heterocycles. The Balaban J connectivity index is 4.61. The average molecular weight is 799 g/mol. The first-order valence-electron chi connectivity index (χ1n) is 25.3. The van der Waals surface area contributed by atoms with Gasteiger partial charge >= 0.3 is 0 Å². The highest BCUT2D eigenvalue weighted by atomic mass is 16.4. The van der Waals surface area contributed by atoms with Crippen LogP contribution in [0, 0.1) is 0 Å².